The van der Waals surface area contributed by atoms with Crippen molar-refractivity contribution in [1.82, 2.24) is 10.6 Å². The molecule has 164 valence electrons. The molecule has 0 heterocycles. The standard InChI is InChI=1S/C18H24N4O7S/c19-12(18(28)29)6-7-14(23)22-13(17(27)20-8-16(25)26)9-30-10-15(24)21-11-4-2-1-3-5-11/h1-5,12-13H,6-10,19H2,(H,20,27)(H,21,24)(H,22,23)(H,25,26)(H,28,29)/p-2. The molecule has 2 atom stereocenters. The Morgan fingerprint density at radius 1 is 1.03 bits per heavy atom. The molecule has 1 rings (SSSR count). The second-order valence-electron chi connectivity index (χ2n) is 6.10. The van der Waals surface area contributed by atoms with Crippen LogP contribution >= 0.6 is 11.8 Å². The molecule has 0 saturated carbocycles. The van der Waals surface area contributed by atoms with Crippen molar-refractivity contribution >= 4 is 47.1 Å². The molecular weight excluding hydrogens is 416 g/mol. The lowest BCUT2D eigenvalue weighted by atomic mass is 10.1. The number of rotatable bonds is 13. The van der Waals surface area contributed by atoms with E-state index in [1.54, 1.807) is 30.3 Å². The zero-order chi connectivity index (χ0) is 22.5. The van der Waals surface area contributed by atoms with Crippen molar-refractivity contribution in [1.29, 1.82) is 0 Å². The van der Waals surface area contributed by atoms with Gasteiger partial charge in [-0.2, -0.15) is 0 Å². The number of hydrogen-bond donors (Lipinski definition) is 4. The van der Waals surface area contributed by atoms with Gasteiger partial charge in [0, 0.05) is 23.9 Å². The average Bonchev–Trinajstić information content (AvgIpc) is 2.70. The monoisotopic (exact) mass is 438 g/mol. The fraction of sp³-hybridized carbons (Fsp3) is 0.389. The van der Waals surface area contributed by atoms with Gasteiger partial charge in [0.1, 0.15) is 6.04 Å². The molecule has 11 nitrogen and oxygen atoms in total. The number of carbonyl (C=O) groups is 5. The van der Waals surface area contributed by atoms with E-state index in [0.717, 1.165) is 11.8 Å². The molecule has 0 saturated heterocycles. The SMILES string of the molecule is NC(CCC(=O)NC(CSCC(=O)Nc1ccccc1)C(=O)NCC(=O)[O-])C(=O)[O-]. The predicted octanol–water partition coefficient (Wildman–Crippen LogP) is -3.43. The molecule has 0 spiro atoms. The first kappa shape index (κ1) is 24.9. The molecule has 0 aliphatic heterocycles. The minimum Gasteiger partial charge on any atom is -0.548 e. The maximum absolute atomic E-state index is 12.1. The van der Waals surface area contributed by atoms with E-state index in [0.29, 0.717) is 5.69 Å². The molecule has 2 unspecified atom stereocenters. The summed E-state index contributed by atoms with van der Waals surface area (Å²) in [6, 6.07) is 6.22. The maximum Gasteiger partial charge on any atom is 0.243 e. The Labute approximate surface area is 176 Å². The number of nitrogens with two attached hydrogens (primary N) is 1. The Balaban J connectivity index is 2.56. The third-order valence-corrected chi connectivity index (χ3v) is 4.65. The summed E-state index contributed by atoms with van der Waals surface area (Å²) in [7, 11) is 0. The van der Waals surface area contributed by atoms with Gasteiger partial charge in [0.15, 0.2) is 0 Å². The zero-order valence-electron chi connectivity index (χ0n) is 15.9. The summed E-state index contributed by atoms with van der Waals surface area (Å²) in [4.78, 5) is 57.2. The Morgan fingerprint density at radius 3 is 2.30 bits per heavy atom. The van der Waals surface area contributed by atoms with Crippen molar-refractivity contribution in [2.45, 2.75) is 24.9 Å². The summed E-state index contributed by atoms with van der Waals surface area (Å²) in [5, 5.41) is 28.2. The second-order valence-corrected chi connectivity index (χ2v) is 7.13. The van der Waals surface area contributed by atoms with Crippen molar-refractivity contribution in [2.75, 3.05) is 23.4 Å². The molecule has 0 fully saturated rings. The number of amides is 3. The minimum absolute atomic E-state index is 0.0232. The molecule has 30 heavy (non-hydrogen) atoms. The normalized spacial score (nSPS) is 12.3. The molecule has 5 N–H and O–H groups in total. The quantitative estimate of drug-likeness (QED) is 0.242. The summed E-state index contributed by atoms with van der Waals surface area (Å²) in [5.41, 5.74) is 5.87. The Morgan fingerprint density at radius 2 is 1.70 bits per heavy atom. The van der Waals surface area contributed by atoms with Crippen LogP contribution in [0.15, 0.2) is 30.3 Å². The number of benzene rings is 1. The summed E-state index contributed by atoms with van der Waals surface area (Å²) in [6.07, 6.45) is -0.479. The van der Waals surface area contributed by atoms with Crippen molar-refractivity contribution in [3.05, 3.63) is 30.3 Å². The largest absolute Gasteiger partial charge is 0.548 e. The highest BCUT2D eigenvalue weighted by molar-refractivity contribution is 8.00. The fourth-order valence-electron chi connectivity index (χ4n) is 2.12. The van der Waals surface area contributed by atoms with Gasteiger partial charge in [0.05, 0.1) is 24.2 Å². The Kier molecular flexibility index (Phi) is 10.9. The molecule has 0 aromatic heterocycles. The Hall–Kier alpha value is -3.12. The third-order valence-electron chi connectivity index (χ3n) is 3.62. The van der Waals surface area contributed by atoms with Gasteiger partial charge in [0.25, 0.3) is 0 Å². The van der Waals surface area contributed by atoms with Crippen molar-refractivity contribution < 1.29 is 34.2 Å². The highest BCUT2D eigenvalue weighted by Crippen LogP contribution is 2.09. The van der Waals surface area contributed by atoms with Gasteiger partial charge in [-0.15, -0.1) is 11.8 Å². The van der Waals surface area contributed by atoms with Crippen LogP contribution in [-0.4, -0.2) is 59.8 Å². The van der Waals surface area contributed by atoms with Crippen LogP contribution in [0.1, 0.15) is 12.8 Å². The smallest absolute Gasteiger partial charge is 0.243 e. The number of nitrogens with one attached hydrogen (secondary N) is 3. The molecule has 0 aliphatic rings. The number of aliphatic carboxylic acids is 2. The van der Waals surface area contributed by atoms with Crippen LogP contribution in [-0.2, 0) is 24.0 Å². The molecule has 12 heteroatoms. The number of carbonyl (C=O) groups excluding carboxylic acids is 5. The first-order chi connectivity index (χ1) is 14.2. The average molecular weight is 438 g/mol. The third kappa shape index (κ3) is 10.4. The highest BCUT2D eigenvalue weighted by atomic mass is 32.2. The van der Waals surface area contributed by atoms with Crippen LogP contribution in [0.25, 0.3) is 0 Å². The lowest BCUT2D eigenvalue weighted by Crippen LogP contribution is -2.51. The van der Waals surface area contributed by atoms with Gasteiger partial charge in [-0.05, 0) is 18.6 Å². The Bertz CT molecular complexity index is 760. The lowest BCUT2D eigenvalue weighted by molar-refractivity contribution is -0.308. The second kappa shape index (κ2) is 13.2. The zero-order valence-corrected chi connectivity index (χ0v) is 16.7. The van der Waals surface area contributed by atoms with Crippen molar-refractivity contribution in [2.24, 2.45) is 5.73 Å². The van der Waals surface area contributed by atoms with Crippen LogP contribution in [0, 0.1) is 0 Å². The van der Waals surface area contributed by atoms with Gasteiger partial charge in [-0.25, -0.2) is 0 Å². The maximum atomic E-state index is 12.1. The predicted molar refractivity (Wildman–Crippen MR) is 105 cm³/mol. The van der Waals surface area contributed by atoms with Crippen LogP contribution in [0.5, 0.6) is 0 Å². The van der Waals surface area contributed by atoms with E-state index in [1.807, 2.05) is 0 Å². The molecule has 0 aliphatic carbocycles. The van der Waals surface area contributed by atoms with Gasteiger partial charge in [-0.3, -0.25) is 14.4 Å². The lowest BCUT2D eigenvalue weighted by Gasteiger charge is -2.19. The van der Waals surface area contributed by atoms with E-state index in [9.17, 15) is 34.2 Å². The van der Waals surface area contributed by atoms with Crippen LogP contribution in [0.3, 0.4) is 0 Å². The first-order valence-electron chi connectivity index (χ1n) is 8.85. The number of hydrogen-bond acceptors (Lipinski definition) is 9. The van der Waals surface area contributed by atoms with E-state index >= 15 is 0 Å². The van der Waals surface area contributed by atoms with Gasteiger partial charge < -0.3 is 41.5 Å². The number of thioether (sulfide) groups is 1. The van der Waals surface area contributed by atoms with E-state index in [-0.39, 0.29) is 30.3 Å². The molecule has 0 bridgehead atoms. The van der Waals surface area contributed by atoms with E-state index in [4.69, 9.17) is 5.73 Å². The topological polar surface area (TPSA) is 194 Å². The molecule has 1 aromatic carbocycles. The fourth-order valence-corrected chi connectivity index (χ4v) is 2.97. The molecule has 3 amide bonds. The number of para-hydroxylation sites is 1. The van der Waals surface area contributed by atoms with E-state index in [2.05, 4.69) is 16.0 Å². The van der Waals surface area contributed by atoms with Gasteiger partial charge in [-0.1, -0.05) is 18.2 Å². The summed E-state index contributed by atoms with van der Waals surface area (Å²) < 4.78 is 0. The summed E-state index contributed by atoms with van der Waals surface area (Å²) >= 11 is 1.04. The number of carboxylic acids is 2. The summed E-state index contributed by atoms with van der Waals surface area (Å²) in [6.45, 7) is -0.750. The number of anilines is 1. The van der Waals surface area contributed by atoms with Crippen molar-refractivity contribution in [3.63, 3.8) is 0 Å². The van der Waals surface area contributed by atoms with E-state index in [1.165, 1.54) is 0 Å². The van der Waals surface area contributed by atoms with Gasteiger partial charge in [0.2, 0.25) is 17.7 Å². The molecule has 1 aromatic rings. The molecule has 0 radical (unpaired) electrons. The number of carboxylic acid groups (broad SMARTS) is 2. The summed E-state index contributed by atoms with van der Waals surface area (Å²) in [5.74, 6) is -4.84. The van der Waals surface area contributed by atoms with Crippen LogP contribution in [0.4, 0.5) is 5.69 Å². The van der Waals surface area contributed by atoms with E-state index < -0.39 is 42.4 Å². The van der Waals surface area contributed by atoms with Crippen LogP contribution in [0.2, 0.25) is 0 Å². The highest BCUT2D eigenvalue weighted by Gasteiger charge is 2.21. The van der Waals surface area contributed by atoms with Crippen LogP contribution < -0.4 is 31.9 Å². The van der Waals surface area contributed by atoms with Gasteiger partial charge >= 0.3 is 0 Å². The molecular formula is C18H22N4O7S-2. The van der Waals surface area contributed by atoms with Crippen molar-refractivity contribution in [3.8, 4) is 0 Å². The first-order valence-corrected chi connectivity index (χ1v) is 10.0. The minimum atomic E-state index is -1.51.